The molecule has 1 nitrogen and oxygen atoms in total. The van der Waals surface area contributed by atoms with E-state index in [9.17, 15) is 0 Å². The SMILES string of the molecule is C#C[C@H]1CN(C)C[C@@H]1c1ccccc1C. The summed E-state index contributed by atoms with van der Waals surface area (Å²) in [5, 5.41) is 0. The number of rotatable bonds is 1. The molecule has 2 rings (SSSR count). The molecule has 1 heterocycles. The van der Waals surface area contributed by atoms with Crippen molar-refractivity contribution in [3.05, 3.63) is 35.4 Å². The van der Waals surface area contributed by atoms with Crippen LogP contribution >= 0.6 is 0 Å². The van der Waals surface area contributed by atoms with E-state index in [0.29, 0.717) is 11.8 Å². The summed E-state index contributed by atoms with van der Waals surface area (Å²) in [6.45, 7) is 4.27. The van der Waals surface area contributed by atoms with Crippen molar-refractivity contribution in [3.8, 4) is 12.3 Å². The third-order valence-corrected chi connectivity index (χ3v) is 3.30. The van der Waals surface area contributed by atoms with E-state index in [0.717, 1.165) is 13.1 Å². The van der Waals surface area contributed by atoms with Gasteiger partial charge in [-0.3, -0.25) is 0 Å². The number of nitrogens with zero attached hydrogens (tertiary/aromatic N) is 1. The molecule has 15 heavy (non-hydrogen) atoms. The summed E-state index contributed by atoms with van der Waals surface area (Å²) in [6.07, 6.45) is 5.60. The summed E-state index contributed by atoms with van der Waals surface area (Å²) >= 11 is 0. The third kappa shape index (κ3) is 1.91. The van der Waals surface area contributed by atoms with Gasteiger partial charge in [-0.2, -0.15) is 0 Å². The molecule has 2 atom stereocenters. The van der Waals surface area contributed by atoms with Crippen LogP contribution in [0.2, 0.25) is 0 Å². The second-order valence-corrected chi connectivity index (χ2v) is 4.46. The predicted octanol–water partition coefficient (Wildman–Crippen LogP) is 2.27. The van der Waals surface area contributed by atoms with Crippen LogP contribution in [0.5, 0.6) is 0 Å². The summed E-state index contributed by atoms with van der Waals surface area (Å²) in [4.78, 5) is 2.32. The van der Waals surface area contributed by atoms with Crippen LogP contribution in [0.25, 0.3) is 0 Å². The molecule has 1 aromatic carbocycles. The average molecular weight is 199 g/mol. The van der Waals surface area contributed by atoms with Gasteiger partial charge in [0, 0.05) is 24.9 Å². The lowest BCUT2D eigenvalue weighted by Crippen LogP contribution is -2.13. The minimum atomic E-state index is 0.371. The Labute approximate surface area is 92.1 Å². The molecular formula is C14H17N. The molecule has 1 aromatic rings. The zero-order chi connectivity index (χ0) is 10.8. The van der Waals surface area contributed by atoms with Gasteiger partial charge in [0.15, 0.2) is 0 Å². The lowest BCUT2D eigenvalue weighted by molar-refractivity contribution is 0.406. The van der Waals surface area contributed by atoms with Crippen molar-refractivity contribution >= 4 is 0 Å². The van der Waals surface area contributed by atoms with E-state index < -0.39 is 0 Å². The van der Waals surface area contributed by atoms with Gasteiger partial charge in [-0.15, -0.1) is 12.3 Å². The van der Waals surface area contributed by atoms with Crippen LogP contribution in [0.4, 0.5) is 0 Å². The van der Waals surface area contributed by atoms with Crippen molar-refractivity contribution in [2.24, 2.45) is 5.92 Å². The normalized spacial score (nSPS) is 26.5. The standard InChI is InChI=1S/C14H17N/c1-4-12-9-15(3)10-14(12)13-8-6-5-7-11(13)2/h1,5-8,12,14H,9-10H2,2-3H3/t12-,14-/m0/s1. The monoisotopic (exact) mass is 199 g/mol. The Morgan fingerprint density at radius 3 is 2.73 bits per heavy atom. The van der Waals surface area contributed by atoms with Gasteiger partial charge >= 0.3 is 0 Å². The van der Waals surface area contributed by atoms with Crippen LogP contribution in [-0.2, 0) is 0 Å². The molecule has 0 radical (unpaired) electrons. The fourth-order valence-corrected chi connectivity index (χ4v) is 2.49. The van der Waals surface area contributed by atoms with Crippen LogP contribution in [-0.4, -0.2) is 25.0 Å². The van der Waals surface area contributed by atoms with E-state index in [1.54, 1.807) is 0 Å². The van der Waals surface area contributed by atoms with E-state index in [1.807, 2.05) is 0 Å². The summed E-state index contributed by atoms with van der Waals surface area (Å²) in [5.74, 6) is 3.81. The lowest BCUT2D eigenvalue weighted by atomic mass is 9.87. The zero-order valence-corrected chi connectivity index (χ0v) is 9.40. The first-order valence-electron chi connectivity index (χ1n) is 5.42. The Bertz CT molecular complexity index is 389. The molecule has 0 spiro atoms. The van der Waals surface area contributed by atoms with E-state index in [2.05, 4.69) is 49.1 Å². The molecular weight excluding hydrogens is 182 g/mol. The van der Waals surface area contributed by atoms with E-state index in [-0.39, 0.29) is 0 Å². The van der Waals surface area contributed by atoms with Gasteiger partial charge in [0.25, 0.3) is 0 Å². The van der Waals surface area contributed by atoms with Gasteiger partial charge in [-0.25, -0.2) is 0 Å². The van der Waals surface area contributed by atoms with E-state index >= 15 is 0 Å². The second kappa shape index (κ2) is 4.08. The van der Waals surface area contributed by atoms with Gasteiger partial charge in [-0.05, 0) is 25.1 Å². The molecule has 1 aliphatic heterocycles. The highest BCUT2D eigenvalue weighted by Crippen LogP contribution is 2.32. The molecule has 0 N–H and O–H groups in total. The van der Waals surface area contributed by atoms with E-state index in [1.165, 1.54) is 11.1 Å². The molecule has 0 unspecified atom stereocenters. The van der Waals surface area contributed by atoms with Crippen molar-refractivity contribution in [1.82, 2.24) is 4.90 Å². The van der Waals surface area contributed by atoms with Crippen LogP contribution in [0.1, 0.15) is 17.0 Å². The van der Waals surface area contributed by atoms with Crippen molar-refractivity contribution in [2.45, 2.75) is 12.8 Å². The Balaban J connectivity index is 2.32. The first kappa shape index (κ1) is 10.3. The van der Waals surface area contributed by atoms with Gasteiger partial charge in [0.1, 0.15) is 0 Å². The molecule has 78 valence electrons. The Morgan fingerprint density at radius 1 is 1.33 bits per heavy atom. The molecule has 0 amide bonds. The molecule has 1 fully saturated rings. The fourth-order valence-electron chi connectivity index (χ4n) is 2.49. The zero-order valence-electron chi connectivity index (χ0n) is 9.40. The predicted molar refractivity (Wildman–Crippen MR) is 63.7 cm³/mol. The molecule has 1 heteroatoms. The van der Waals surface area contributed by atoms with Gasteiger partial charge in [0.05, 0.1) is 0 Å². The van der Waals surface area contributed by atoms with Gasteiger partial charge in [-0.1, -0.05) is 24.3 Å². The van der Waals surface area contributed by atoms with Crippen molar-refractivity contribution in [3.63, 3.8) is 0 Å². The second-order valence-electron chi connectivity index (χ2n) is 4.46. The van der Waals surface area contributed by atoms with Crippen molar-refractivity contribution < 1.29 is 0 Å². The van der Waals surface area contributed by atoms with E-state index in [4.69, 9.17) is 6.42 Å². The van der Waals surface area contributed by atoms with Crippen LogP contribution in [0.3, 0.4) is 0 Å². The summed E-state index contributed by atoms with van der Waals surface area (Å²) in [5.41, 5.74) is 2.78. The van der Waals surface area contributed by atoms with Gasteiger partial charge in [0.2, 0.25) is 0 Å². The number of aryl methyl sites for hydroxylation is 1. The van der Waals surface area contributed by atoms with Crippen molar-refractivity contribution in [1.29, 1.82) is 0 Å². The number of hydrogen-bond acceptors (Lipinski definition) is 1. The van der Waals surface area contributed by atoms with Crippen LogP contribution in [0, 0.1) is 25.2 Å². The topological polar surface area (TPSA) is 3.24 Å². The molecule has 0 saturated carbocycles. The molecule has 0 aliphatic carbocycles. The quantitative estimate of drug-likeness (QED) is 0.627. The number of likely N-dealkylation sites (N-methyl/N-ethyl adjacent to an activating group) is 1. The third-order valence-electron chi connectivity index (χ3n) is 3.30. The highest BCUT2D eigenvalue weighted by Gasteiger charge is 2.31. The number of hydrogen-bond donors (Lipinski definition) is 0. The summed E-state index contributed by atoms with van der Waals surface area (Å²) < 4.78 is 0. The Kier molecular flexibility index (Phi) is 2.79. The molecule has 1 saturated heterocycles. The largest absolute Gasteiger partial charge is 0.304 e. The van der Waals surface area contributed by atoms with Crippen molar-refractivity contribution in [2.75, 3.05) is 20.1 Å². The first-order chi connectivity index (χ1) is 7.22. The maximum atomic E-state index is 5.60. The smallest absolute Gasteiger partial charge is 0.0408 e. The minimum absolute atomic E-state index is 0.371. The molecule has 0 bridgehead atoms. The maximum Gasteiger partial charge on any atom is 0.0408 e. The average Bonchev–Trinajstić information content (AvgIpc) is 2.60. The Hall–Kier alpha value is -1.26. The lowest BCUT2D eigenvalue weighted by Gasteiger charge is -2.16. The first-order valence-corrected chi connectivity index (χ1v) is 5.42. The Morgan fingerprint density at radius 2 is 2.07 bits per heavy atom. The summed E-state index contributed by atoms with van der Waals surface area (Å²) in [6, 6.07) is 8.57. The summed E-state index contributed by atoms with van der Waals surface area (Å²) in [7, 11) is 2.14. The van der Waals surface area contributed by atoms with Gasteiger partial charge < -0.3 is 4.90 Å². The number of terminal acetylenes is 1. The minimum Gasteiger partial charge on any atom is -0.304 e. The van der Waals surface area contributed by atoms with Crippen LogP contribution < -0.4 is 0 Å². The fraction of sp³-hybridized carbons (Fsp3) is 0.429. The maximum absolute atomic E-state index is 5.60. The molecule has 1 aliphatic rings. The highest BCUT2D eigenvalue weighted by molar-refractivity contribution is 5.32. The molecule has 0 aromatic heterocycles. The number of benzene rings is 1. The number of likely N-dealkylation sites (tertiary alicyclic amines) is 1. The van der Waals surface area contributed by atoms with Crippen LogP contribution in [0.15, 0.2) is 24.3 Å². The highest BCUT2D eigenvalue weighted by atomic mass is 15.1.